The minimum Gasteiger partial charge on any atom is -0.486 e. The molecule has 1 atom stereocenters. The number of hydrogen-bond donors (Lipinski definition) is 2. The second-order valence-electron chi connectivity index (χ2n) is 3.65. The van der Waals surface area contributed by atoms with Gasteiger partial charge in [-0.1, -0.05) is 15.9 Å². The molecule has 0 aliphatic carbocycles. The minimum absolute atomic E-state index is 0.215. The minimum atomic E-state index is -1.25. The highest BCUT2D eigenvalue weighted by atomic mass is 79.9. The van der Waals surface area contributed by atoms with Gasteiger partial charge in [-0.15, -0.1) is 0 Å². The Balaban J connectivity index is 2.66. The highest BCUT2D eigenvalue weighted by Gasteiger charge is 2.29. The fourth-order valence-corrected chi connectivity index (χ4v) is 2.40. The van der Waals surface area contributed by atoms with Crippen molar-refractivity contribution in [3.8, 4) is 11.5 Å². The molecule has 7 heteroatoms. The van der Waals surface area contributed by atoms with E-state index in [2.05, 4.69) is 15.9 Å². The molecule has 0 fully saturated rings. The summed E-state index contributed by atoms with van der Waals surface area (Å²) >= 11 is 3.20. The molecule has 0 spiro atoms. The molecule has 6 nitrogen and oxygen atoms in total. The summed E-state index contributed by atoms with van der Waals surface area (Å²) in [5.41, 5.74) is 6.16. The molecule has 0 saturated heterocycles. The molecule has 1 unspecified atom stereocenters. The maximum atomic E-state index is 11.0. The van der Waals surface area contributed by atoms with Crippen LogP contribution in [0.3, 0.4) is 0 Å². The lowest BCUT2D eigenvalue weighted by Crippen LogP contribution is -2.25. The number of carboxylic acid groups (broad SMARTS) is 1. The number of carboxylic acids is 1. The molecule has 1 aromatic carbocycles. The maximum absolute atomic E-state index is 11.0. The standard InChI is InChI=1S/C11H10BrNO5/c12-6-3-5(4-14)9-10(18-2-1-17-9)7(6)8(13)11(15)16/h3-4,8H,1-2,13H2,(H,15,16). The van der Waals surface area contributed by atoms with Gasteiger partial charge >= 0.3 is 5.97 Å². The third kappa shape index (κ3) is 2.06. The van der Waals surface area contributed by atoms with Gasteiger partial charge in [-0.3, -0.25) is 9.59 Å². The number of fused-ring (bicyclic) bond motifs is 1. The van der Waals surface area contributed by atoms with E-state index >= 15 is 0 Å². The van der Waals surface area contributed by atoms with Gasteiger partial charge in [-0.05, 0) is 6.07 Å². The van der Waals surface area contributed by atoms with Crippen molar-refractivity contribution < 1.29 is 24.2 Å². The van der Waals surface area contributed by atoms with Gasteiger partial charge in [0.1, 0.15) is 19.3 Å². The van der Waals surface area contributed by atoms with Crippen molar-refractivity contribution >= 4 is 28.2 Å². The fraction of sp³-hybridized carbons (Fsp3) is 0.273. The van der Waals surface area contributed by atoms with Crippen LogP contribution in [0.5, 0.6) is 11.5 Å². The predicted molar refractivity (Wildman–Crippen MR) is 65.1 cm³/mol. The third-order valence-corrected chi connectivity index (χ3v) is 3.19. The molecule has 0 bridgehead atoms. The van der Waals surface area contributed by atoms with Crippen LogP contribution in [0, 0.1) is 0 Å². The number of benzene rings is 1. The van der Waals surface area contributed by atoms with Crippen LogP contribution in [-0.4, -0.2) is 30.6 Å². The van der Waals surface area contributed by atoms with E-state index in [4.69, 9.17) is 20.3 Å². The largest absolute Gasteiger partial charge is 0.486 e. The van der Waals surface area contributed by atoms with Gasteiger partial charge in [0.05, 0.1) is 5.56 Å². The summed E-state index contributed by atoms with van der Waals surface area (Å²) in [6, 6.07) is 0.217. The Morgan fingerprint density at radius 2 is 2.06 bits per heavy atom. The van der Waals surface area contributed by atoms with E-state index in [0.717, 1.165) is 0 Å². The van der Waals surface area contributed by atoms with E-state index in [9.17, 15) is 9.59 Å². The zero-order valence-corrected chi connectivity index (χ0v) is 10.8. The summed E-state index contributed by atoms with van der Waals surface area (Å²) in [5.74, 6) is -0.732. The molecule has 1 aliphatic rings. The normalized spacial score (nSPS) is 15.0. The number of halogens is 1. The monoisotopic (exact) mass is 315 g/mol. The number of aliphatic carboxylic acids is 1. The van der Waals surface area contributed by atoms with Crippen molar-refractivity contribution in [1.29, 1.82) is 0 Å². The van der Waals surface area contributed by atoms with Crippen LogP contribution in [0.15, 0.2) is 10.5 Å². The third-order valence-electron chi connectivity index (χ3n) is 2.53. The van der Waals surface area contributed by atoms with Gasteiger partial charge in [-0.2, -0.15) is 0 Å². The molecule has 18 heavy (non-hydrogen) atoms. The highest BCUT2D eigenvalue weighted by molar-refractivity contribution is 9.10. The summed E-state index contributed by atoms with van der Waals surface area (Å²) < 4.78 is 11.1. The Bertz CT molecular complexity index is 517. The van der Waals surface area contributed by atoms with Gasteiger partial charge in [0.15, 0.2) is 17.8 Å². The molecule has 3 N–H and O–H groups in total. The Kier molecular flexibility index (Phi) is 3.53. The SMILES string of the molecule is NC(C(=O)O)c1c(Br)cc(C=O)c2c1OCCO2. The van der Waals surface area contributed by atoms with Gasteiger partial charge in [0.25, 0.3) is 0 Å². The summed E-state index contributed by atoms with van der Waals surface area (Å²) in [4.78, 5) is 21.9. The maximum Gasteiger partial charge on any atom is 0.325 e. The van der Waals surface area contributed by atoms with Crippen LogP contribution in [-0.2, 0) is 4.79 Å². The van der Waals surface area contributed by atoms with Crippen molar-refractivity contribution in [1.82, 2.24) is 0 Å². The fourth-order valence-electron chi connectivity index (χ4n) is 1.72. The number of hydrogen-bond acceptors (Lipinski definition) is 5. The van der Waals surface area contributed by atoms with Crippen molar-refractivity contribution in [2.24, 2.45) is 5.73 Å². The van der Waals surface area contributed by atoms with E-state index in [-0.39, 0.29) is 29.2 Å². The van der Waals surface area contributed by atoms with Crippen LogP contribution in [0.4, 0.5) is 0 Å². The highest BCUT2D eigenvalue weighted by Crippen LogP contribution is 2.43. The zero-order valence-electron chi connectivity index (χ0n) is 9.18. The summed E-state index contributed by atoms with van der Waals surface area (Å²) in [6.07, 6.45) is 0.619. The molecular formula is C11H10BrNO5. The Labute approximate surface area is 111 Å². The van der Waals surface area contributed by atoms with Crippen molar-refractivity contribution in [2.75, 3.05) is 13.2 Å². The lowest BCUT2D eigenvalue weighted by atomic mass is 10.0. The van der Waals surface area contributed by atoms with Crippen molar-refractivity contribution in [3.63, 3.8) is 0 Å². The molecule has 0 saturated carbocycles. The van der Waals surface area contributed by atoms with E-state index in [1.165, 1.54) is 6.07 Å². The van der Waals surface area contributed by atoms with Crippen LogP contribution in [0.25, 0.3) is 0 Å². The molecule has 2 rings (SSSR count). The van der Waals surface area contributed by atoms with Crippen molar-refractivity contribution in [2.45, 2.75) is 6.04 Å². The van der Waals surface area contributed by atoms with Gasteiger partial charge < -0.3 is 20.3 Å². The van der Waals surface area contributed by atoms with Gasteiger partial charge in [-0.25, -0.2) is 0 Å². The summed E-state index contributed by atoms with van der Waals surface area (Å²) in [5, 5.41) is 8.98. The van der Waals surface area contributed by atoms with E-state index in [1.54, 1.807) is 0 Å². The molecule has 0 amide bonds. The second kappa shape index (κ2) is 4.95. The number of aldehydes is 1. The zero-order chi connectivity index (χ0) is 13.3. The first kappa shape index (κ1) is 12.8. The number of nitrogens with two attached hydrogens (primary N) is 1. The summed E-state index contributed by atoms with van der Waals surface area (Å²) in [7, 11) is 0. The number of carbonyl (C=O) groups excluding carboxylic acids is 1. The average Bonchev–Trinajstić information content (AvgIpc) is 2.37. The van der Waals surface area contributed by atoms with Crippen LogP contribution >= 0.6 is 15.9 Å². The molecule has 0 aromatic heterocycles. The van der Waals surface area contributed by atoms with Crippen LogP contribution in [0.1, 0.15) is 22.0 Å². The molecular weight excluding hydrogens is 306 g/mol. The second-order valence-corrected chi connectivity index (χ2v) is 4.50. The Hall–Kier alpha value is -1.60. The lowest BCUT2D eigenvalue weighted by molar-refractivity contribution is -0.138. The first-order valence-corrected chi connectivity index (χ1v) is 5.91. The average molecular weight is 316 g/mol. The Morgan fingerprint density at radius 3 is 2.61 bits per heavy atom. The number of ether oxygens (including phenoxy) is 2. The number of rotatable bonds is 3. The van der Waals surface area contributed by atoms with Gasteiger partial charge in [0, 0.05) is 10.0 Å². The summed E-state index contributed by atoms with van der Waals surface area (Å²) in [6.45, 7) is 0.582. The molecule has 1 aliphatic heterocycles. The lowest BCUT2D eigenvalue weighted by Gasteiger charge is -2.24. The first-order chi connectivity index (χ1) is 8.56. The molecule has 1 heterocycles. The van der Waals surface area contributed by atoms with Crippen LogP contribution < -0.4 is 15.2 Å². The smallest absolute Gasteiger partial charge is 0.325 e. The number of carbonyl (C=O) groups is 2. The molecule has 0 radical (unpaired) electrons. The van der Waals surface area contributed by atoms with E-state index in [0.29, 0.717) is 17.4 Å². The quantitative estimate of drug-likeness (QED) is 0.811. The predicted octanol–water partition coefficient (Wildman–Crippen LogP) is 1.12. The Morgan fingerprint density at radius 1 is 1.44 bits per heavy atom. The first-order valence-electron chi connectivity index (χ1n) is 5.11. The van der Waals surface area contributed by atoms with Crippen molar-refractivity contribution in [3.05, 3.63) is 21.7 Å². The van der Waals surface area contributed by atoms with E-state index < -0.39 is 12.0 Å². The molecule has 96 valence electrons. The van der Waals surface area contributed by atoms with Crippen LogP contribution in [0.2, 0.25) is 0 Å². The molecule has 1 aromatic rings. The van der Waals surface area contributed by atoms with Gasteiger partial charge in [0.2, 0.25) is 0 Å². The van der Waals surface area contributed by atoms with E-state index in [1.807, 2.05) is 0 Å². The topological polar surface area (TPSA) is 98.9 Å².